The number of aromatic nitrogens is 3. The maximum atomic E-state index is 13.8. The van der Waals surface area contributed by atoms with Gasteiger partial charge in [-0.2, -0.15) is 5.10 Å². The summed E-state index contributed by atoms with van der Waals surface area (Å²) in [5.41, 5.74) is 9.75. The molecule has 2 amide bonds. The smallest absolute Gasteiger partial charge is 0.407 e. The first-order valence-electron chi connectivity index (χ1n) is 14.1. The van der Waals surface area contributed by atoms with Crippen LogP contribution in [0.2, 0.25) is 0 Å². The molecule has 10 heteroatoms. The number of carbonyl (C=O) groups excluding carboxylic acids is 2. The van der Waals surface area contributed by atoms with E-state index in [9.17, 15) is 9.59 Å². The zero-order valence-corrected chi connectivity index (χ0v) is 24.4. The van der Waals surface area contributed by atoms with Crippen molar-refractivity contribution in [2.45, 2.75) is 83.5 Å². The molecule has 5 rings (SSSR count). The van der Waals surface area contributed by atoms with Gasteiger partial charge >= 0.3 is 6.09 Å². The Morgan fingerprint density at radius 1 is 1.27 bits per heavy atom. The summed E-state index contributed by atoms with van der Waals surface area (Å²) in [6.45, 7) is 11.0. The fraction of sp³-hybridized carbons (Fsp3) is 0.533. The van der Waals surface area contributed by atoms with Crippen molar-refractivity contribution >= 4 is 23.5 Å². The van der Waals surface area contributed by atoms with Gasteiger partial charge in [0.05, 0.1) is 17.8 Å². The summed E-state index contributed by atoms with van der Waals surface area (Å²) >= 11 is 0. The third-order valence-electron chi connectivity index (χ3n) is 8.06. The number of rotatable bonds is 5. The third kappa shape index (κ3) is 5.37. The van der Waals surface area contributed by atoms with Crippen LogP contribution in [-0.4, -0.2) is 63.3 Å². The van der Waals surface area contributed by atoms with Crippen LogP contribution in [0.25, 0.3) is 5.65 Å². The number of alkyl carbamates (subject to hydrolysis) is 1. The molecule has 10 nitrogen and oxygen atoms in total. The molecule has 3 aromatic rings. The maximum absolute atomic E-state index is 13.8. The van der Waals surface area contributed by atoms with Gasteiger partial charge in [0, 0.05) is 38.0 Å². The molecular weight excluding hydrogens is 506 g/mol. The first kappa shape index (κ1) is 27.9. The Bertz CT molecular complexity index is 1430. The van der Waals surface area contributed by atoms with E-state index in [4.69, 9.17) is 20.6 Å². The Kier molecular flexibility index (Phi) is 7.24. The van der Waals surface area contributed by atoms with Crippen LogP contribution in [0.3, 0.4) is 0 Å². The zero-order valence-electron chi connectivity index (χ0n) is 24.4. The van der Waals surface area contributed by atoms with Crippen LogP contribution in [0.1, 0.15) is 75.4 Å². The Morgan fingerprint density at radius 2 is 2.02 bits per heavy atom. The Morgan fingerprint density at radius 3 is 2.77 bits per heavy atom. The van der Waals surface area contributed by atoms with Gasteiger partial charge in [-0.1, -0.05) is 24.3 Å². The highest BCUT2D eigenvalue weighted by atomic mass is 16.6. The van der Waals surface area contributed by atoms with Crippen molar-refractivity contribution in [2.75, 3.05) is 25.0 Å². The number of nitrogens with two attached hydrogens (primary N) is 1. The van der Waals surface area contributed by atoms with E-state index in [1.165, 1.54) is 0 Å². The fourth-order valence-electron chi connectivity index (χ4n) is 5.87. The summed E-state index contributed by atoms with van der Waals surface area (Å²) in [4.78, 5) is 34.8. The van der Waals surface area contributed by atoms with Gasteiger partial charge in [-0.05, 0) is 71.4 Å². The second-order valence-corrected chi connectivity index (χ2v) is 12.3. The van der Waals surface area contributed by atoms with Gasteiger partial charge in [0.1, 0.15) is 17.0 Å². The van der Waals surface area contributed by atoms with E-state index in [1.54, 1.807) is 16.5 Å². The lowest BCUT2D eigenvalue weighted by Crippen LogP contribution is -2.54. The largest absolute Gasteiger partial charge is 0.444 e. The fourth-order valence-corrected chi connectivity index (χ4v) is 5.87. The minimum Gasteiger partial charge on any atom is -0.444 e. The van der Waals surface area contributed by atoms with Crippen molar-refractivity contribution in [2.24, 2.45) is 5.73 Å². The molecule has 3 atom stereocenters. The minimum absolute atomic E-state index is 0.0130. The van der Waals surface area contributed by atoms with Crippen molar-refractivity contribution in [3.63, 3.8) is 0 Å². The Labute approximate surface area is 235 Å². The summed E-state index contributed by atoms with van der Waals surface area (Å²) in [5.74, 6) is 0.763. The molecule has 3 N–H and O–H groups in total. The molecule has 1 aromatic carbocycles. The summed E-state index contributed by atoms with van der Waals surface area (Å²) in [6, 6.07) is 9.63. The number of benzene rings is 1. The maximum Gasteiger partial charge on any atom is 0.407 e. The van der Waals surface area contributed by atoms with E-state index in [-0.39, 0.29) is 18.0 Å². The van der Waals surface area contributed by atoms with Gasteiger partial charge < -0.3 is 25.6 Å². The average molecular weight is 548 g/mol. The highest BCUT2D eigenvalue weighted by Crippen LogP contribution is 2.36. The van der Waals surface area contributed by atoms with Crippen LogP contribution in [-0.2, 0) is 21.5 Å². The SMILES string of the molecule is Cc1cn2nc([C@H](C)N(C)C(=O)C3(N)CCCc4ccccc43)cc2nc1N1CC[C@H](NC(=O)OC(C)(C)C)C1. The van der Waals surface area contributed by atoms with Crippen molar-refractivity contribution in [1.82, 2.24) is 24.8 Å². The minimum atomic E-state index is -1.04. The number of likely N-dealkylation sites (N-methyl/N-ethyl adjacent to an activating group) is 1. The van der Waals surface area contributed by atoms with Crippen molar-refractivity contribution in [3.05, 3.63) is 58.9 Å². The molecule has 1 aliphatic heterocycles. The van der Waals surface area contributed by atoms with Crippen LogP contribution >= 0.6 is 0 Å². The number of fused-ring (bicyclic) bond motifs is 2. The van der Waals surface area contributed by atoms with E-state index >= 15 is 0 Å². The molecule has 1 aliphatic carbocycles. The van der Waals surface area contributed by atoms with Crippen LogP contribution in [0.5, 0.6) is 0 Å². The van der Waals surface area contributed by atoms with Crippen molar-refractivity contribution in [3.8, 4) is 0 Å². The van der Waals surface area contributed by atoms with Crippen LogP contribution < -0.4 is 16.0 Å². The van der Waals surface area contributed by atoms with E-state index in [0.29, 0.717) is 18.6 Å². The molecule has 214 valence electrons. The molecule has 1 unspecified atom stereocenters. The molecule has 2 aromatic heterocycles. The number of ether oxygens (including phenoxy) is 1. The highest BCUT2D eigenvalue weighted by Gasteiger charge is 2.42. The highest BCUT2D eigenvalue weighted by molar-refractivity contribution is 5.88. The van der Waals surface area contributed by atoms with E-state index in [1.807, 2.05) is 65.1 Å². The number of nitrogens with zero attached hydrogens (tertiary/aromatic N) is 5. The van der Waals surface area contributed by atoms with Gasteiger partial charge in [0.25, 0.3) is 0 Å². The second-order valence-electron chi connectivity index (χ2n) is 12.3. The summed E-state index contributed by atoms with van der Waals surface area (Å²) in [6.07, 6.45) is 4.82. The second kappa shape index (κ2) is 10.4. The first-order valence-corrected chi connectivity index (χ1v) is 14.1. The molecule has 0 radical (unpaired) electrons. The first-order chi connectivity index (χ1) is 18.9. The molecule has 1 saturated heterocycles. The monoisotopic (exact) mass is 547 g/mol. The number of amides is 2. The van der Waals surface area contributed by atoms with Crippen LogP contribution in [0, 0.1) is 6.92 Å². The number of carbonyl (C=O) groups is 2. The third-order valence-corrected chi connectivity index (χ3v) is 8.06. The Balaban J connectivity index is 1.32. The molecule has 2 aliphatic rings. The van der Waals surface area contributed by atoms with Crippen LogP contribution in [0.4, 0.5) is 10.6 Å². The van der Waals surface area contributed by atoms with E-state index in [2.05, 4.69) is 16.3 Å². The van der Waals surface area contributed by atoms with Gasteiger partial charge in [0.15, 0.2) is 5.65 Å². The quantitative estimate of drug-likeness (QED) is 0.498. The van der Waals surface area contributed by atoms with Crippen molar-refractivity contribution in [1.29, 1.82) is 0 Å². The summed E-state index contributed by atoms with van der Waals surface area (Å²) in [5, 5.41) is 7.75. The summed E-state index contributed by atoms with van der Waals surface area (Å²) in [7, 11) is 1.80. The standard InChI is InChI=1S/C30H41N7O3/c1-19-17-37-25(33-26(19)36-15-13-22(18-36)32-28(39)40-29(3,4)5)16-24(34-37)20(2)35(6)27(38)30(31)14-9-11-21-10-7-8-12-23(21)30/h7-8,10,12,16-17,20,22H,9,11,13-15,18,31H2,1-6H3,(H,32,39)/t20-,22-,30?/m0/s1. The zero-order chi connectivity index (χ0) is 28.8. The van der Waals surface area contributed by atoms with Gasteiger partial charge in [0.2, 0.25) is 5.91 Å². The van der Waals surface area contributed by atoms with Crippen molar-refractivity contribution < 1.29 is 14.3 Å². The number of hydrogen-bond donors (Lipinski definition) is 2. The number of hydrogen-bond acceptors (Lipinski definition) is 7. The van der Waals surface area contributed by atoms with Gasteiger partial charge in [-0.15, -0.1) is 0 Å². The van der Waals surface area contributed by atoms with E-state index < -0.39 is 17.2 Å². The number of aryl methyl sites for hydroxylation is 2. The lowest BCUT2D eigenvalue weighted by atomic mass is 9.76. The lowest BCUT2D eigenvalue weighted by Gasteiger charge is -2.38. The van der Waals surface area contributed by atoms with Crippen LogP contribution in [0.15, 0.2) is 36.5 Å². The van der Waals surface area contributed by atoms with Gasteiger partial charge in [-0.3, -0.25) is 4.79 Å². The topological polar surface area (TPSA) is 118 Å². The number of anilines is 1. The molecule has 3 heterocycles. The normalized spacial score (nSPS) is 21.7. The molecule has 40 heavy (non-hydrogen) atoms. The predicted molar refractivity (Wildman–Crippen MR) is 154 cm³/mol. The average Bonchev–Trinajstić information content (AvgIpc) is 3.52. The molecule has 0 saturated carbocycles. The predicted octanol–water partition coefficient (Wildman–Crippen LogP) is 3.85. The summed E-state index contributed by atoms with van der Waals surface area (Å²) < 4.78 is 7.18. The van der Waals surface area contributed by atoms with Gasteiger partial charge in [-0.25, -0.2) is 14.3 Å². The molecule has 1 fully saturated rings. The lowest BCUT2D eigenvalue weighted by molar-refractivity contribution is -0.138. The Hall–Kier alpha value is -3.66. The van der Waals surface area contributed by atoms with E-state index in [0.717, 1.165) is 54.0 Å². The number of nitrogens with one attached hydrogen (secondary N) is 1. The molecule has 0 bridgehead atoms. The molecular formula is C30H41N7O3. The molecule has 0 spiro atoms.